The van der Waals surface area contributed by atoms with Crippen LogP contribution in [-0.2, 0) is 13.1 Å². The lowest BCUT2D eigenvalue weighted by Gasteiger charge is -2.05. The summed E-state index contributed by atoms with van der Waals surface area (Å²) in [5.41, 5.74) is 0.961. The fourth-order valence-electron chi connectivity index (χ4n) is 1.43. The molecule has 0 bridgehead atoms. The summed E-state index contributed by atoms with van der Waals surface area (Å²) in [5, 5.41) is 10.9. The molecular formula is C11H15N5O. The summed E-state index contributed by atoms with van der Waals surface area (Å²) in [5.74, 6) is 0.639. The van der Waals surface area contributed by atoms with Gasteiger partial charge in [-0.15, -0.1) is 5.10 Å². The maximum atomic E-state index is 5.06. The number of rotatable bonds is 6. The van der Waals surface area contributed by atoms with E-state index in [2.05, 4.69) is 20.6 Å². The third-order valence-corrected chi connectivity index (χ3v) is 2.29. The fourth-order valence-corrected chi connectivity index (χ4v) is 1.43. The molecule has 0 aromatic carbocycles. The van der Waals surface area contributed by atoms with Gasteiger partial charge in [-0.1, -0.05) is 11.3 Å². The first-order valence-electron chi connectivity index (χ1n) is 5.43. The summed E-state index contributed by atoms with van der Waals surface area (Å²) >= 11 is 0. The van der Waals surface area contributed by atoms with Crippen LogP contribution in [0.5, 0.6) is 5.88 Å². The van der Waals surface area contributed by atoms with Crippen LogP contribution in [-0.4, -0.2) is 33.6 Å². The lowest BCUT2D eigenvalue weighted by Crippen LogP contribution is -2.20. The highest BCUT2D eigenvalue weighted by atomic mass is 16.5. The molecule has 17 heavy (non-hydrogen) atoms. The second-order valence-electron chi connectivity index (χ2n) is 3.51. The lowest BCUT2D eigenvalue weighted by atomic mass is 10.3. The van der Waals surface area contributed by atoms with E-state index in [0.717, 1.165) is 18.8 Å². The number of hydrogen-bond donors (Lipinski definition) is 1. The molecule has 0 amide bonds. The van der Waals surface area contributed by atoms with Crippen molar-refractivity contribution in [2.45, 2.75) is 13.1 Å². The Kier molecular flexibility index (Phi) is 4.04. The summed E-state index contributed by atoms with van der Waals surface area (Å²) in [6.45, 7) is 2.33. The van der Waals surface area contributed by atoms with Gasteiger partial charge in [0.15, 0.2) is 0 Å². The van der Waals surface area contributed by atoms with Crippen molar-refractivity contribution in [3.05, 3.63) is 36.3 Å². The van der Waals surface area contributed by atoms with E-state index in [4.69, 9.17) is 4.74 Å². The zero-order valence-corrected chi connectivity index (χ0v) is 9.71. The molecule has 0 fully saturated rings. The zero-order valence-electron chi connectivity index (χ0n) is 9.71. The van der Waals surface area contributed by atoms with Gasteiger partial charge in [-0.2, -0.15) is 0 Å². The molecule has 2 heterocycles. The van der Waals surface area contributed by atoms with Gasteiger partial charge in [0.25, 0.3) is 0 Å². The Morgan fingerprint density at radius 1 is 1.41 bits per heavy atom. The van der Waals surface area contributed by atoms with E-state index in [-0.39, 0.29) is 0 Å². The number of methoxy groups -OCH3 is 1. The third kappa shape index (κ3) is 3.53. The normalized spacial score (nSPS) is 10.4. The quantitative estimate of drug-likeness (QED) is 0.735. The smallest absolute Gasteiger partial charge is 0.213 e. The van der Waals surface area contributed by atoms with Crippen molar-refractivity contribution in [3.8, 4) is 5.88 Å². The van der Waals surface area contributed by atoms with E-state index in [1.807, 2.05) is 24.4 Å². The maximum Gasteiger partial charge on any atom is 0.213 e. The van der Waals surface area contributed by atoms with Gasteiger partial charge in [0.1, 0.15) is 0 Å². The molecule has 0 spiro atoms. The summed E-state index contributed by atoms with van der Waals surface area (Å²) in [4.78, 5) is 4.31. The Morgan fingerprint density at radius 3 is 3.12 bits per heavy atom. The minimum atomic E-state index is 0.639. The maximum absolute atomic E-state index is 5.06. The molecule has 2 aromatic rings. The Balaban J connectivity index is 1.74. The van der Waals surface area contributed by atoms with Crippen LogP contribution in [0.4, 0.5) is 0 Å². The van der Waals surface area contributed by atoms with Gasteiger partial charge in [-0.05, 0) is 6.07 Å². The molecule has 2 rings (SSSR count). The van der Waals surface area contributed by atoms with E-state index in [0.29, 0.717) is 12.4 Å². The van der Waals surface area contributed by atoms with Crippen molar-refractivity contribution in [1.29, 1.82) is 0 Å². The lowest BCUT2D eigenvalue weighted by molar-refractivity contribution is 0.395. The van der Waals surface area contributed by atoms with Gasteiger partial charge in [0.05, 0.1) is 25.5 Å². The highest BCUT2D eigenvalue weighted by molar-refractivity contribution is 5.15. The van der Waals surface area contributed by atoms with Crippen molar-refractivity contribution in [1.82, 2.24) is 25.3 Å². The second kappa shape index (κ2) is 5.95. The molecule has 0 atom stereocenters. The van der Waals surface area contributed by atoms with Crippen LogP contribution in [0, 0.1) is 0 Å². The number of pyridine rings is 1. The molecular weight excluding hydrogens is 218 g/mol. The molecule has 0 aliphatic carbocycles. The summed E-state index contributed by atoms with van der Waals surface area (Å²) in [7, 11) is 1.62. The Labute approximate surface area is 99.6 Å². The first-order valence-corrected chi connectivity index (χ1v) is 5.43. The van der Waals surface area contributed by atoms with Gasteiger partial charge in [0.2, 0.25) is 5.88 Å². The predicted molar refractivity (Wildman–Crippen MR) is 62.5 cm³/mol. The number of nitrogens with one attached hydrogen (secondary N) is 1. The molecule has 90 valence electrons. The average molecular weight is 233 g/mol. The molecule has 1 N–H and O–H groups in total. The number of aromatic nitrogens is 4. The minimum absolute atomic E-state index is 0.639. The van der Waals surface area contributed by atoms with E-state index in [9.17, 15) is 0 Å². The fraction of sp³-hybridized carbons (Fsp3) is 0.364. The van der Waals surface area contributed by atoms with Crippen molar-refractivity contribution < 1.29 is 4.74 Å². The minimum Gasteiger partial charge on any atom is -0.481 e. The molecule has 0 radical (unpaired) electrons. The van der Waals surface area contributed by atoms with Crippen molar-refractivity contribution in [2.24, 2.45) is 0 Å². The standard InChI is InChI=1S/C11H15N5O/c1-17-11-4-2-3-10(14-11)9-12-5-7-16-8-6-13-15-16/h2-4,6,8,12H,5,7,9H2,1H3. The van der Waals surface area contributed by atoms with Crippen molar-refractivity contribution in [3.63, 3.8) is 0 Å². The van der Waals surface area contributed by atoms with Crippen molar-refractivity contribution in [2.75, 3.05) is 13.7 Å². The Morgan fingerprint density at radius 2 is 2.35 bits per heavy atom. The van der Waals surface area contributed by atoms with Gasteiger partial charge in [-0.25, -0.2) is 4.98 Å². The van der Waals surface area contributed by atoms with Gasteiger partial charge in [-0.3, -0.25) is 4.68 Å². The van der Waals surface area contributed by atoms with Crippen LogP contribution in [0.1, 0.15) is 5.69 Å². The highest BCUT2D eigenvalue weighted by Gasteiger charge is 1.97. The van der Waals surface area contributed by atoms with Crippen LogP contribution in [0.25, 0.3) is 0 Å². The summed E-state index contributed by atoms with van der Waals surface area (Å²) in [6.07, 6.45) is 3.51. The zero-order chi connectivity index (χ0) is 11.9. The van der Waals surface area contributed by atoms with Crippen LogP contribution >= 0.6 is 0 Å². The van der Waals surface area contributed by atoms with Crippen LogP contribution in [0.15, 0.2) is 30.6 Å². The first-order chi connectivity index (χ1) is 8.38. The van der Waals surface area contributed by atoms with Crippen molar-refractivity contribution >= 4 is 0 Å². The third-order valence-electron chi connectivity index (χ3n) is 2.29. The van der Waals surface area contributed by atoms with Crippen LogP contribution in [0.3, 0.4) is 0 Å². The summed E-state index contributed by atoms with van der Waals surface area (Å²) in [6, 6.07) is 5.73. The van der Waals surface area contributed by atoms with E-state index in [1.165, 1.54) is 0 Å². The molecule has 0 saturated carbocycles. The molecule has 6 nitrogen and oxygen atoms in total. The second-order valence-corrected chi connectivity index (χ2v) is 3.51. The molecule has 6 heteroatoms. The first kappa shape index (κ1) is 11.5. The van der Waals surface area contributed by atoms with E-state index in [1.54, 1.807) is 18.0 Å². The Bertz CT molecular complexity index is 443. The van der Waals surface area contributed by atoms with Gasteiger partial charge < -0.3 is 10.1 Å². The van der Waals surface area contributed by atoms with Crippen LogP contribution in [0.2, 0.25) is 0 Å². The SMILES string of the molecule is COc1cccc(CNCCn2ccnn2)n1. The molecule has 0 aliphatic heterocycles. The monoisotopic (exact) mass is 233 g/mol. The topological polar surface area (TPSA) is 64.9 Å². The average Bonchev–Trinajstić information content (AvgIpc) is 2.88. The van der Waals surface area contributed by atoms with E-state index >= 15 is 0 Å². The number of ether oxygens (including phenoxy) is 1. The van der Waals surface area contributed by atoms with Gasteiger partial charge in [0, 0.05) is 25.4 Å². The molecule has 2 aromatic heterocycles. The number of nitrogens with zero attached hydrogens (tertiary/aromatic N) is 4. The largest absolute Gasteiger partial charge is 0.481 e. The number of hydrogen-bond acceptors (Lipinski definition) is 5. The predicted octanol–water partition coefficient (Wildman–Crippen LogP) is 0.471. The van der Waals surface area contributed by atoms with Gasteiger partial charge >= 0.3 is 0 Å². The highest BCUT2D eigenvalue weighted by Crippen LogP contribution is 2.05. The van der Waals surface area contributed by atoms with Crippen LogP contribution < -0.4 is 10.1 Å². The molecule has 0 saturated heterocycles. The molecule has 0 aliphatic rings. The van der Waals surface area contributed by atoms with E-state index < -0.39 is 0 Å². The summed E-state index contributed by atoms with van der Waals surface area (Å²) < 4.78 is 6.84. The Hall–Kier alpha value is -1.95. The molecule has 0 unspecified atom stereocenters.